The molecule has 8 nitrogen and oxygen atoms in total. The van der Waals surface area contributed by atoms with Gasteiger partial charge in [0.1, 0.15) is 6.04 Å². The molecule has 0 aliphatic carbocycles. The van der Waals surface area contributed by atoms with Crippen molar-refractivity contribution >= 4 is 17.9 Å². The van der Waals surface area contributed by atoms with E-state index in [9.17, 15) is 14.4 Å². The third kappa shape index (κ3) is 6.44. The third-order valence-corrected chi connectivity index (χ3v) is 3.71. The van der Waals surface area contributed by atoms with Crippen molar-refractivity contribution in [3.05, 3.63) is 0 Å². The van der Waals surface area contributed by atoms with Crippen LogP contribution in [-0.4, -0.2) is 60.1 Å². The molecule has 0 unspecified atom stereocenters. The molecule has 0 aromatic heterocycles. The number of likely N-dealkylation sites (tertiary alicyclic amines) is 1. The lowest BCUT2D eigenvalue weighted by Crippen LogP contribution is -2.49. The minimum absolute atomic E-state index is 0.401. The molecule has 0 spiro atoms. The smallest absolute Gasteiger partial charge is 0.326 e. The molecule has 1 heterocycles. The van der Waals surface area contributed by atoms with Crippen molar-refractivity contribution < 1.29 is 19.5 Å². The van der Waals surface area contributed by atoms with E-state index in [4.69, 9.17) is 10.8 Å². The van der Waals surface area contributed by atoms with Crippen LogP contribution in [-0.2, 0) is 9.59 Å². The number of aliphatic carboxylic acids is 1. The third-order valence-electron chi connectivity index (χ3n) is 3.71. The summed E-state index contributed by atoms with van der Waals surface area (Å²) in [6, 6.07) is -1.87. The van der Waals surface area contributed by atoms with Crippen molar-refractivity contribution in [2.24, 2.45) is 11.7 Å². The Balaban J connectivity index is 2.30. The van der Waals surface area contributed by atoms with Crippen LogP contribution < -0.4 is 16.4 Å². The summed E-state index contributed by atoms with van der Waals surface area (Å²) in [5, 5.41) is 13.8. The molecule has 0 aromatic rings. The van der Waals surface area contributed by atoms with Crippen molar-refractivity contribution in [3.63, 3.8) is 0 Å². The summed E-state index contributed by atoms with van der Waals surface area (Å²) in [6.07, 6.45) is 1.60. The molecule has 1 saturated heterocycles. The van der Waals surface area contributed by atoms with E-state index in [1.807, 2.05) is 0 Å². The first-order chi connectivity index (χ1) is 9.92. The second-order valence-corrected chi connectivity index (χ2v) is 5.29. The Morgan fingerprint density at radius 1 is 1.33 bits per heavy atom. The predicted octanol–water partition coefficient (Wildman–Crippen LogP) is -0.654. The van der Waals surface area contributed by atoms with Gasteiger partial charge in [-0.05, 0) is 38.4 Å². The minimum Gasteiger partial charge on any atom is -0.480 e. The summed E-state index contributed by atoms with van der Waals surface area (Å²) in [5.74, 6) is -1.65. The topological polar surface area (TPSA) is 125 Å². The van der Waals surface area contributed by atoms with E-state index in [0.29, 0.717) is 12.5 Å². The van der Waals surface area contributed by atoms with Crippen molar-refractivity contribution in [1.82, 2.24) is 15.5 Å². The number of carbonyl (C=O) groups is 3. The molecule has 120 valence electrons. The second kappa shape index (κ2) is 8.46. The largest absolute Gasteiger partial charge is 0.480 e. The van der Waals surface area contributed by atoms with Crippen LogP contribution in [0.4, 0.5) is 4.79 Å². The first kappa shape index (κ1) is 17.2. The summed E-state index contributed by atoms with van der Waals surface area (Å²) < 4.78 is 0. The monoisotopic (exact) mass is 300 g/mol. The van der Waals surface area contributed by atoms with Gasteiger partial charge < -0.3 is 26.4 Å². The molecule has 1 rings (SSSR count). The number of carbonyl (C=O) groups excluding carboxylic acids is 2. The van der Waals surface area contributed by atoms with Gasteiger partial charge in [-0.2, -0.15) is 0 Å². The number of hydrogen-bond acceptors (Lipinski definition) is 4. The zero-order valence-corrected chi connectivity index (χ0v) is 12.3. The first-order valence-electron chi connectivity index (χ1n) is 7.20. The van der Waals surface area contributed by atoms with Gasteiger partial charge in [0.05, 0.1) is 6.42 Å². The molecule has 5 N–H and O–H groups in total. The van der Waals surface area contributed by atoms with E-state index in [1.54, 1.807) is 0 Å². The second-order valence-electron chi connectivity index (χ2n) is 5.29. The lowest BCUT2D eigenvalue weighted by Gasteiger charge is -2.31. The van der Waals surface area contributed by atoms with E-state index in [-0.39, 0.29) is 0 Å². The van der Waals surface area contributed by atoms with E-state index in [1.165, 1.54) is 0 Å². The lowest BCUT2D eigenvalue weighted by atomic mass is 9.97. The van der Waals surface area contributed by atoms with Gasteiger partial charge in [0, 0.05) is 6.54 Å². The van der Waals surface area contributed by atoms with Crippen LogP contribution >= 0.6 is 0 Å². The van der Waals surface area contributed by atoms with Crippen LogP contribution in [0.3, 0.4) is 0 Å². The van der Waals surface area contributed by atoms with E-state index >= 15 is 0 Å². The van der Waals surface area contributed by atoms with Crippen molar-refractivity contribution in [3.8, 4) is 0 Å². The van der Waals surface area contributed by atoms with Gasteiger partial charge in [-0.3, -0.25) is 4.79 Å². The average molecular weight is 300 g/mol. The molecule has 0 saturated carbocycles. The highest BCUT2D eigenvalue weighted by molar-refractivity contribution is 5.87. The summed E-state index contributed by atoms with van der Waals surface area (Å²) in [4.78, 5) is 35.6. The zero-order chi connectivity index (χ0) is 15.8. The van der Waals surface area contributed by atoms with Crippen molar-refractivity contribution in [1.29, 1.82) is 0 Å². The molecular weight excluding hydrogens is 276 g/mol. The number of carboxylic acids is 1. The molecule has 3 amide bonds. The fraction of sp³-hybridized carbons (Fsp3) is 0.769. The van der Waals surface area contributed by atoms with Crippen LogP contribution in [0.15, 0.2) is 0 Å². The van der Waals surface area contributed by atoms with Gasteiger partial charge in [-0.15, -0.1) is 0 Å². The molecule has 1 aliphatic heterocycles. The highest BCUT2D eigenvalue weighted by atomic mass is 16.4. The van der Waals surface area contributed by atoms with Crippen LogP contribution in [0.5, 0.6) is 0 Å². The molecule has 8 heteroatoms. The average Bonchev–Trinajstić information content (AvgIpc) is 2.44. The van der Waals surface area contributed by atoms with E-state index in [0.717, 1.165) is 32.5 Å². The summed E-state index contributed by atoms with van der Waals surface area (Å²) in [5.41, 5.74) is 4.95. The van der Waals surface area contributed by atoms with Crippen LogP contribution in [0.1, 0.15) is 26.2 Å². The van der Waals surface area contributed by atoms with Crippen LogP contribution in [0.25, 0.3) is 0 Å². The lowest BCUT2D eigenvalue weighted by molar-refractivity contribution is -0.140. The Morgan fingerprint density at radius 3 is 2.43 bits per heavy atom. The fourth-order valence-electron chi connectivity index (χ4n) is 2.35. The SMILES string of the molecule is CCN1CCC(CNC(=O)N[C@H](CC(N)=O)C(=O)O)CC1. The molecule has 0 bridgehead atoms. The maximum atomic E-state index is 11.7. The van der Waals surface area contributed by atoms with Gasteiger partial charge in [0.15, 0.2) is 0 Å². The Bertz CT molecular complexity index is 380. The minimum atomic E-state index is -1.29. The summed E-state index contributed by atoms with van der Waals surface area (Å²) in [7, 11) is 0. The predicted molar refractivity (Wildman–Crippen MR) is 76.6 cm³/mol. The molecule has 0 aromatic carbocycles. The highest BCUT2D eigenvalue weighted by Crippen LogP contribution is 2.15. The van der Waals surface area contributed by atoms with Crippen molar-refractivity contribution in [2.45, 2.75) is 32.2 Å². The zero-order valence-electron chi connectivity index (χ0n) is 12.3. The number of rotatable bonds is 7. The number of urea groups is 1. The van der Waals surface area contributed by atoms with E-state index in [2.05, 4.69) is 22.5 Å². The highest BCUT2D eigenvalue weighted by Gasteiger charge is 2.23. The molecule has 21 heavy (non-hydrogen) atoms. The number of nitrogens with zero attached hydrogens (tertiary/aromatic N) is 1. The molecule has 1 fully saturated rings. The van der Waals surface area contributed by atoms with Gasteiger partial charge in [-0.25, -0.2) is 9.59 Å². The van der Waals surface area contributed by atoms with Gasteiger partial charge in [0.2, 0.25) is 5.91 Å². The molecule has 0 radical (unpaired) electrons. The Hall–Kier alpha value is -1.83. The summed E-state index contributed by atoms with van der Waals surface area (Å²) >= 11 is 0. The number of hydrogen-bond donors (Lipinski definition) is 4. The number of carboxylic acid groups (broad SMARTS) is 1. The normalized spacial score (nSPS) is 18.0. The van der Waals surface area contributed by atoms with Gasteiger partial charge in [-0.1, -0.05) is 6.92 Å². The molecule has 1 atom stereocenters. The van der Waals surface area contributed by atoms with Crippen LogP contribution in [0, 0.1) is 5.92 Å². The van der Waals surface area contributed by atoms with Crippen molar-refractivity contribution in [2.75, 3.05) is 26.2 Å². The number of nitrogens with two attached hydrogens (primary N) is 1. The number of piperidine rings is 1. The maximum absolute atomic E-state index is 11.7. The fourth-order valence-corrected chi connectivity index (χ4v) is 2.35. The van der Waals surface area contributed by atoms with Crippen LogP contribution in [0.2, 0.25) is 0 Å². The summed E-state index contributed by atoms with van der Waals surface area (Å²) in [6.45, 7) is 5.70. The maximum Gasteiger partial charge on any atom is 0.326 e. The standard InChI is InChI=1S/C13H24N4O4/c1-2-17-5-3-9(4-6-17)8-15-13(21)16-10(12(19)20)7-11(14)18/h9-10H,2-8H2,1H3,(H2,14,18)(H,19,20)(H2,15,16,21)/t10-/m1/s1. The number of primary amides is 1. The number of nitrogens with one attached hydrogen (secondary N) is 2. The van der Waals surface area contributed by atoms with Gasteiger partial charge >= 0.3 is 12.0 Å². The van der Waals surface area contributed by atoms with E-state index < -0.39 is 30.4 Å². The number of amides is 3. The Labute approximate surface area is 124 Å². The Kier molecular flexibility index (Phi) is 6.93. The van der Waals surface area contributed by atoms with Gasteiger partial charge in [0.25, 0.3) is 0 Å². The molecular formula is C13H24N4O4. The first-order valence-corrected chi connectivity index (χ1v) is 7.20. The Morgan fingerprint density at radius 2 is 1.95 bits per heavy atom. The molecule has 1 aliphatic rings. The quantitative estimate of drug-likeness (QED) is 0.497.